The zero-order chi connectivity index (χ0) is 33.8. The van der Waals surface area contributed by atoms with Crippen LogP contribution in [0.4, 0.5) is 0 Å². The van der Waals surface area contributed by atoms with Crippen LogP contribution in [0.1, 0.15) is 34.7 Å². The molecule has 49 heavy (non-hydrogen) atoms. The molecule has 2 atom stereocenters. The Morgan fingerprint density at radius 2 is 1.10 bits per heavy atom. The van der Waals surface area contributed by atoms with Crippen LogP contribution in [-0.2, 0) is 11.1 Å². The summed E-state index contributed by atoms with van der Waals surface area (Å²) in [7, 11) is 0. The minimum absolute atomic E-state index is 0.362. The molecule has 4 nitrogen and oxygen atoms in total. The maximum Gasteiger partial charge on any atom is 0.165 e. The normalized spacial score (nSPS) is 20.6. The number of terminal acetylenes is 1. The van der Waals surface area contributed by atoms with Crippen molar-refractivity contribution in [3.05, 3.63) is 201 Å². The summed E-state index contributed by atoms with van der Waals surface area (Å²) >= 11 is 13.7. The zero-order valence-electron chi connectivity index (χ0n) is 26.6. The molecule has 5 aromatic carbocycles. The summed E-state index contributed by atoms with van der Waals surface area (Å²) in [4.78, 5) is 22.2. The lowest BCUT2D eigenvalue weighted by Crippen LogP contribution is -2.55. The van der Waals surface area contributed by atoms with E-state index in [2.05, 4.69) is 54.5 Å². The number of allylic oxidation sites excluding steroid dienone is 2. The second kappa shape index (κ2) is 13.5. The van der Waals surface area contributed by atoms with Crippen molar-refractivity contribution in [1.82, 2.24) is 0 Å². The third-order valence-corrected chi connectivity index (χ3v) is 9.42. The van der Waals surface area contributed by atoms with E-state index in [1.807, 2.05) is 110 Å². The van der Waals surface area contributed by atoms with Gasteiger partial charge in [-0.3, -0.25) is 0 Å². The van der Waals surface area contributed by atoms with Crippen LogP contribution in [0.3, 0.4) is 0 Å². The fourth-order valence-corrected chi connectivity index (χ4v) is 7.15. The number of amidine groups is 2. The van der Waals surface area contributed by atoms with E-state index in [0.29, 0.717) is 44.3 Å². The molecule has 0 radical (unpaired) electrons. The van der Waals surface area contributed by atoms with Gasteiger partial charge in [0.1, 0.15) is 0 Å². The number of hydrogen-bond donors (Lipinski definition) is 0. The summed E-state index contributed by atoms with van der Waals surface area (Å²) in [6, 6.07) is 48.2. The van der Waals surface area contributed by atoms with E-state index >= 15 is 0 Å². The highest BCUT2D eigenvalue weighted by molar-refractivity contribution is 6.38. The molecule has 2 aliphatic rings. The van der Waals surface area contributed by atoms with Crippen molar-refractivity contribution in [2.45, 2.75) is 18.0 Å². The van der Waals surface area contributed by atoms with E-state index in [1.165, 1.54) is 6.08 Å². The summed E-state index contributed by atoms with van der Waals surface area (Å²) < 4.78 is 0. The standard InChI is InChI=1S/C43H30Cl2N4/c1-3-19-36(44)34(4-2)40-46-38(30-20-9-5-10-21-30)42(48-40,32-24-13-7-14-25-32)43(33-26-15-8-16-27-33)39(31-22-11-6-12-23-31)47-41(49-43)35-28-17-18-29-37(35)45/h1,4-29H,2H3/b34-4+,36-19+. The minimum atomic E-state index is -1.30. The van der Waals surface area contributed by atoms with Gasteiger partial charge in [-0.2, -0.15) is 0 Å². The molecule has 5 aromatic rings. The largest absolute Gasteiger partial charge is 0.245 e. The average Bonchev–Trinajstić information content (AvgIpc) is 3.76. The van der Waals surface area contributed by atoms with Gasteiger partial charge in [0.05, 0.1) is 21.5 Å². The van der Waals surface area contributed by atoms with Gasteiger partial charge in [-0.05, 0) is 41.3 Å². The average molecular weight is 674 g/mol. The molecule has 0 N–H and O–H groups in total. The van der Waals surface area contributed by atoms with Crippen LogP contribution in [-0.4, -0.2) is 23.1 Å². The molecule has 0 amide bonds. The number of nitrogens with zero attached hydrogens (tertiary/aromatic N) is 4. The van der Waals surface area contributed by atoms with Gasteiger partial charge in [0.2, 0.25) is 0 Å². The van der Waals surface area contributed by atoms with Crippen molar-refractivity contribution >= 4 is 46.3 Å². The maximum absolute atomic E-state index is 6.88. The third-order valence-electron chi connectivity index (χ3n) is 8.78. The van der Waals surface area contributed by atoms with E-state index in [0.717, 1.165) is 22.3 Å². The van der Waals surface area contributed by atoms with Gasteiger partial charge in [-0.25, -0.2) is 20.0 Å². The van der Waals surface area contributed by atoms with Crippen LogP contribution < -0.4 is 0 Å². The molecular weight excluding hydrogens is 643 g/mol. The summed E-state index contributed by atoms with van der Waals surface area (Å²) in [6.45, 7) is 1.90. The summed E-state index contributed by atoms with van der Waals surface area (Å²) in [5.74, 6) is 3.49. The van der Waals surface area contributed by atoms with Gasteiger partial charge in [0.15, 0.2) is 22.7 Å². The SMILES string of the molecule is C#C/C=C(Cl)\C(=C/C)C1=NC(c2ccccc2)(C2(c3ccccc3)N=C(c3ccccc3Cl)N=C2c2ccccc2)C(c2ccccc2)=N1. The molecule has 6 heteroatoms. The summed E-state index contributed by atoms with van der Waals surface area (Å²) in [5, 5.41) is 0.908. The van der Waals surface area contributed by atoms with Gasteiger partial charge in [0, 0.05) is 17.2 Å². The highest BCUT2D eigenvalue weighted by Crippen LogP contribution is 2.56. The number of benzene rings is 5. The molecule has 2 heterocycles. The van der Waals surface area contributed by atoms with Crippen LogP contribution in [0.25, 0.3) is 0 Å². The topological polar surface area (TPSA) is 49.4 Å². The Labute approximate surface area is 296 Å². The lowest BCUT2D eigenvalue weighted by molar-refractivity contribution is 0.420. The fraction of sp³-hybridized carbons (Fsp3) is 0.0698. The van der Waals surface area contributed by atoms with Crippen molar-refractivity contribution in [2.75, 3.05) is 0 Å². The first-order valence-corrected chi connectivity index (χ1v) is 16.6. The lowest BCUT2D eigenvalue weighted by Gasteiger charge is -2.44. The van der Waals surface area contributed by atoms with Crippen molar-refractivity contribution in [1.29, 1.82) is 0 Å². The number of rotatable bonds is 8. The minimum Gasteiger partial charge on any atom is -0.245 e. The Hall–Kier alpha value is -5.60. The van der Waals surface area contributed by atoms with Crippen molar-refractivity contribution in [2.24, 2.45) is 20.0 Å². The zero-order valence-corrected chi connectivity index (χ0v) is 28.1. The van der Waals surface area contributed by atoms with Crippen LogP contribution in [0, 0.1) is 12.3 Å². The van der Waals surface area contributed by atoms with E-state index in [4.69, 9.17) is 49.6 Å². The van der Waals surface area contributed by atoms with E-state index in [9.17, 15) is 0 Å². The molecule has 7 rings (SSSR count). The molecule has 0 saturated heterocycles. The monoisotopic (exact) mass is 672 g/mol. The Bertz CT molecular complexity index is 2250. The Morgan fingerprint density at radius 1 is 0.633 bits per heavy atom. The molecule has 0 aliphatic carbocycles. The Balaban J connectivity index is 1.70. The van der Waals surface area contributed by atoms with Crippen molar-refractivity contribution in [3.8, 4) is 12.3 Å². The van der Waals surface area contributed by atoms with Crippen LogP contribution in [0.5, 0.6) is 0 Å². The quantitative estimate of drug-likeness (QED) is 0.116. The van der Waals surface area contributed by atoms with E-state index < -0.39 is 11.1 Å². The predicted octanol–water partition coefficient (Wildman–Crippen LogP) is 9.98. The fourth-order valence-electron chi connectivity index (χ4n) is 6.68. The Kier molecular flexibility index (Phi) is 8.80. The summed E-state index contributed by atoms with van der Waals surface area (Å²) in [6.07, 6.45) is 9.09. The Morgan fingerprint density at radius 3 is 1.61 bits per heavy atom. The molecule has 236 valence electrons. The highest BCUT2D eigenvalue weighted by atomic mass is 35.5. The molecule has 0 aromatic heterocycles. The van der Waals surface area contributed by atoms with E-state index in [-0.39, 0.29) is 0 Å². The van der Waals surface area contributed by atoms with Gasteiger partial charge >= 0.3 is 0 Å². The van der Waals surface area contributed by atoms with E-state index in [1.54, 1.807) is 0 Å². The van der Waals surface area contributed by atoms with Gasteiger partial charge in [-0.1, -0.05) is 169 Å². The maximum atomic E-state index is 6.88. The third kappa shape index (κ3) is 5.38. The second-order valence-corrected chi connectivity index (χ2v) is 12.3. The van der Waals surface area contributed by atoms with Gasteiger partial charge in [-0.15, -0.1) is 6.42 Å². The molecule has 0 saturated carbocycles. The second-order valence-electron chi connectivity index (χ2n) is 11.5. The van der Waals surface area contributed by atoms with Crippen LogP contribution in [0.15, 0.2) is 188 Å². The number of hydrogen-bond acceptors (Lipinski definition) is 4. The number of halogens is 2. The van der Waals surface area contributed by atoms with Crippen LogP contribution in [0.2, 0.25) is 5.02 Å². The first-order valence-electron chi connectivity index (χ1n) is 15.9. The molecule has 0 fully saturated rings. The highest BCUT2D eigenvalue weighted by Gasteiger charge is 2.64. The lowest BCUT2D eigenvalue weighted by atomic mass is 9.62. The number of aliphatic imine (C=N–C) groups is 4. The molecule has 0 spiro atoms. The first kappa shape index (κ1) is 32.0. The van der Waals surface area contributed by atoms with Gasteiger partial charge in [0.25, 0.3) is 0 Å². The molecule has 2 aliphatic heterocycles. The van der Waals surface area contributed by atoms with Gasteiger partial charge < -0.3 is 0 Å². The van der Waals surface area contributed by atoms with Crippen molar-refractivity contribution < 1.29 is 0 Å². The molecular formula is C43H30Cl2N4. The summed E-state index contributed by atoms with van der Waals surface area (Å²) in [5.41, 5.74) is 3.65. The first-order chi connectivity index (χ1) is 24.0. The van der Waals surface area contributed by atoms with Crippen molar-refractivity contribution in [3.63, 3.8) is 0 Å². The van der Waals surface area contributed by atoms with Crippen LogP contribution >= 0.6 is 23.2 Å². The molecule has 0 bridgehead atoms. The molecule has 2 unspecified atom stereocenters. The smallest absolute Gasteiger partial charge is 0.165 e. The predicted molar refractivity (Wildman–Crippen MR) is 204 cm³/mol.